The Labute approximate surface area is 175 Å². The Bertz CT molecular complexity index is 1020. The van der Waals surface area contributed by atoms with E-state index >= 15 is 0 Å². The monoisotopic (exact) mass is 443 g/mol. The summed E-state index contributed by atoms with van der Waals surface area (Å²) in [5.74, 6) is -3.19. The average Bonchev–Trinajstić information content (AvgIpc) is 3.29. The van der Waals surface area contributed by atoms with Crippen molar-refractivity contribution >= 4 is 5.91 Å². The lowest BCUT2D eigenvalue weighted by atomic mass is 9.72. The van der Waals surface area contributed by atoms with Gasteiger partial charge in [0.15, 0.2) is 17.5 Å². The first-order chi connectivity index (χ1) is 14.6. The van der Waals surface area contributed by atoms with Crippen LogP contribution in [0.5, 0.6) is 0 Å². The molecule has 1 aromatic carbocycles. The predicted octanol–water partition coefficient (Wildman–Crippen LogP) is 2.93. The van der Waals surface area contributed by atoms with Gasteiger partial charge in [0.25, 0.3) is 0 Å². The van der Waals surface area contributed by atoms with Crippen LogP contribution in [0.1, 0.15) is 49.0 Å². The number of aryl methyl sites for hydroxylation is 1. The molecule has 1 aliphatic carbocycles. The lowest BCUT2D eigenvalue weighted by Crippen LogP contribution is -2.48. The van der Waals surface area contributed by atoms with Crippen LogP contribution >= 0.6 is 0 Å². The van der Waals surface area contributed by atoms with Crippen LogP contribution in [0.2, 0.25) is 0 Å². The summed E-state index contributed by atoms with van der Waals surface area (Å²) in [6.45, 7) is 1.81. The summed E-state index contributed by atoms with van der Waals surface area (Å²) < 4.78 is 67.5. The maximum Gasteiger partial charge on any atom is 0.451 e. The smallest absolute Gasteiger partial charge is 0.333 e. The van der Waals surface area contributed by atoms with E-state index < -0.39 is 35.1 Å². The number of carbonyl (C=O) groups is 1. The van der Waals surface area contributed by atoms with E-state index in [-0.39, 0.29) is 37.8 Å². The minimum absolute atomic E-state index is 0.0630. The van der Waals surface area contributed by atoms with Crippen LogP contribution in [0.3, 0.4) is 0 Å². The SMILES string of the molecule is CCC1(C(N)CC(=O)N2CCn3c(nnc3C(F)(F)F)C2)CCc2cc(F)c(F)cc21. The standard InChI is InChI=1S/C20H22F5N5O/c1-2-19(4-3-11-7-13(21)14(22)8-12(11)19)15(26)9-17(31)29-5-6-30-16(10-29)27-28-18(30)20(23,24)25/h7-8,15H,2-6,9-10,26H2,1H3. The first kappa shape index (κ1) is 21.7. The number of alkyl halides is 3. The second-order valence-corrected chi connectivity index (χ2v) is 8.15. The Morgan fingerprint density at radius 2 is 1.94 bits per heavy atom. The fraction of sp³-hybridized carbons (Fsp3) is 0.550. The van der Waals surface area contributed by atoms with Crippen molar-refractivity contribution in [2.75, 3.05) is 6.54 Å². The van der Waals surface area contributed by atoms with Crippen molar-refractivity contribution in [2.24, 2.45) is 5.73 Å². The average molecular weight is 443 g/mol. The van der Waals surface area contributed by atoms with Crippen molar-refractivity contribution in [1.82, 2.24) is 19.7 Å². The number of fused-ring (bicyclic) bond motifs is 2. The molecule has 1 aliphatic heterocycles. The zero-order chi connectivity index (χ0) is 22.6. The van der Waals surface area contributed by atoms with Gasteiger partial charge in [-0.2, -0.15) is 13.2 Å². The number of amides is 1. The van der Waals surface area contributed by atoms with Gasteiger partial charge in [0.1, 0.15) is 0 Å². The molecule has 4 rings (SSSR count). The van der Waals surface area contributed by atoms with Gasteiger partial charge in [0.05, 0.1) is 6.54 Å². The highest BCUT2D eigenvalue weighted by molar-refractivity contribution is 5.77. The molecule has 168 valence electrons. The Kier molecular flexibility index (Phi) is 5.27. The molecule has 11 heteroatoms. The quantitative estimate of drug-likeness (QED) is 0.738. The van der Waals surface area contributed by atoms with Gasteiger partial charge >= 0.3 is 6.18 Å². The second kappa shape index (κ2) is 7.54. The Morgan fingerprint density at radius 3 is 2.61 bits per heavy atom. The van der Waals surface area contributed by atoms with Gasteiger partial charge in [-0.15, -0.1) is 10.2 Å². The summed E-state index contributed by atoms with van der Waals surface area (Å²) in [6.07, 6.45) is -3.03. The lowest BCUT2D eigenvalue weighted by molar-refractivity contribution is -0.148. The van der Waals surface area contributed by atoms with Crippen LogP contribution in [-0.4, -0.2) is 38.2 Å². The zero-order valence-electron chi connectivity index (χ0n) is 16.8. The fourth-order valence-electron chi connectivity index (χ4n) is 4.86. The molecular weight excluding hydrogens is 421 g/mol. The Balaban J connectivity index is 1.51. The molecular formula is C20H22F5N5O. The summed E-state index contributed by atoms with van der Waals surface area (Å²) in [5.41, 5.74) is 7.09. The highest BCUT2D eigenvalue weighted by Crippen LogP contribution is 2.45. The van der Waals surface area contributed by atoms with Crippen LogP contribution in [-0.2, 0) is 35.9 Å². The van der Waals surface area contributed by atoms with Crippen LogP contribution < -0.4 is 5.73 Å². The third-order valence-corrected chi connectivity index (χ3v) is 6.62. The van der Waals surface area contributed by atoms with Gasteiger partial charge in [0, 0.05) is 31.0 Å². The fourth-order valence-corrected chi connectivity index (χ4v) is 4.86. The predicted molar refractivity (Wildman–Crippen MR) is 99.7 cm³/mol. The third kappa shape index (κ3) is 3.58. The van der Waals surface area contributed by atoms with Gasteiger partial charge in [-0.25, -0.2) is 8.78 Å². The number of rotatable bonds is 4. The summed E-state index contributed by atoms with van der Waals surface area (Å²) in [6, 6.07) is 1.71. The van der Waals surface area contributed by atoms with Gasteiger partial charge in [0.2, 0.25) is 11.7 Å². The number of nitrogens with zero attached hydrogens (tertiary/aromatic N) is 4. The first-order valence-electron chi connectivity index (χ1n) is 10.1. The number of carbonyl (C=O) groups excluding carboxylic acids is 1. The highest BCUT2D eigenvalue weighted by Gasteiger charge is 2.44. The molecule has 2 N–H and O–H groups in total. The molecule has 0 saturated heterocycles. The molecule has 0 bridgehead atoms. The van der Waals surface area contributed by atoms with Crippen molar-refractivity contribution < 1.29 is 26.7 Å². The molecule has 2 atom stereocenters. The van der Waals surface area contributed by atoms with Crippen LogP contribution in [0.4, 0.5) is 22.0 Å². The van der Waals surface area contributed by atoms with E-state index in [4.69, 9.17) is 5.73 Å². The molecule has 2 aliphatic rings. The molecule has 1 aromatic heterocycles. The zero-order valence-corrected chi connectivity index (χ0v) is 16.8. The van der Waals surface area contributed by atoms with Crippen molar-refractivity contribution in [3.8, 4) is 0 Å². The molecule has 0 spiro atoms. The van der Waals surface area contributed by atoms with E-state index in [1.807, 2.05) is 6.92 Å². The van der Waals surface area contributed by atoms with E-state index in [0.717, 1.165) is 4.57 Å². The lowest BCUT2D eigenvalue weighted by Gasteiger charge is -2.37. The van der Waals surface area contributed by atoms with Crippen molar-refractivity contribution in [1.29, 1.82) is 0 Å². The normalized spacial score (nSPS) is 21.7. The number of benzene rings is 1. The van der Waals surface area contributed by atoms with Gasteiger partial charge in [-0.3, -0.25) is 4.79 Å². The Hall–Kier alpha value is -2.56. The van der Waals surface area contributed by atoms with Crippen LogP contribution in [0.15, 0.2) is 12.1 Å². The topological polar surface area (TPSA) is 77.0 Å². The number of halogens is 5. The van der Waals surface area contributed by atoms with E-state index in [0.29, 0.717) is 30.4 Å². The van der Waals surface area contributed by atoms with Crippen molar-refractivity contribution in [3.63, 3.8) is 0 Å². The second-order valence-electron chi connectivity index (χ2n) is 8.15. The maximum absolute atomic E-state index is 13.9. The number of aromatic nitrogens is 3. The maximum atomic E-state index is 13.9. The van der Waals surface area contributed by atoms with Crippen LogP contribution in [0.25, 0.3) is 0 Å². The van der Waals surface area contributed by atoms with Crippen molar-refractivity contribution in [2.45, 2.75) is 63.3 Å². The molecule has 2 aromatic rings. The number of hydrogen-bond acceptors (Lipinski definition) is 4. The van der Waals surface area contributed by atoms with Crippen LogP contribution in [0, 0.1) is 11.6 Å². The highest BCUT2D eigenvalue weighted by atomic mass is 19.4. The van der Waals surface area contributed by atoms with Crippen molar-refractivity contribution in [3.05, 3.63) is 46.5 Å². The molecule has 0 radical (unpaired) electrons. The van der Waals surface area contributed by atoms with E-state index in [1.54, 1.807) is 0 Å². The minimum Gasteiger partial charge on any atom is -0.333 e. The molecule has 6 nitrogen and oxygen atoms in total. The van der Waals surface area contributed by atoms with Gasteiger partial charge in [-0.1, -0.05) is 6.92 Å². The number of hydrogen-bond donors (Lipinski definition) is 1. The largest absolute Gasteiger partial charge is 0.451 e. The van der Waals surface area contributed by atoms with E-state index in [9.17, 15) is 26.7 Å². The summed E-state index contributed by atoms with van der Waals surface area (Å²) in [4.78, 5) is 14.3. The molecule has 31 heavy (non-hydrogen) atoms. The molecule has 0 fully saturated rings. The summed E-state index contributed by atoms with van der Waals surface area (Å²) in [5, 5.41) is 6.79. The number of nitrogens with two attached hydrogens (primary N) is 1. The molecule has 0 saturated carbocycles. The minimum atomic E-state index is -4.61. The molecule has 2 heterocycles. The van der Waals surface area contributed by atoms with E-state index in [2.05, 4.69) is 10.2 Å². The molecule has 1 amide bonds. The summed E-state index contributed by atoms with van der Waals surface area (Å²) in [7, 11) is 0. The molecule has 2 unspecified atom stereocenters. The summed E-state index contributed by atoms with van der Waals surface area (Å²) >= 11 is 0. The van der Waals surface area contributed by atoms with Gasteiger partial charge in [-0.05, 0) is 42.5 Å². The Morgan fingerprint density at radius 1 is 1.23 bits per heavy atom. The first-order valence-corrected chi connectivity index (χ1v) is 10.1. The van der Waals surface area contributed by atoms with Gasteiger partial charge < -0.3 is 15.2 Å². The third-order valence-electron chi connectivity index (χ3n) is 6.62. The van der Waals surface area contributed by atoms with E-state index in [1.165, 1.54) is 17.0 Å².